The van der Waals surface area contributed by atoms with Crippen LogP contribution in [0.5, 0.6) is 0 Å². The summed E-state index contributed by atoms with van der Waals surface area (Å²) in [6.07, 6.45) is -2.45. The highest BCUT2D eigenvalue weighted by Crippen LogP contribution is 2.35. The van der Waals surface area contributed by atoms with E-state index in [4.69, 9.17) is 35.4 Å². The normalized spacial score (nSPS) is 11.5. The van der Waals surface area contributed by atoms with Gasteiger partial charge in [0.2, 0.25) is 0 Å². The number of rotatable bonds is 5. The summed E-state index contributed by atoms with van der Waals surface area (Å²) in [4.78, 5) is 4.89. The van der Waals surface area contributed by atoms with Crippen LogP contribution in [0.3, 0.4) is 0 Å². The standard InChI is InChI=1S/C20H13Cl2F3N4S2/c21-13-1-5-15(6-2-13)28-19(30)29-27-11-17-18(9-12(10-26-17)20(23,24)25)31-16-7-3-14(22)4-8-16/h1-11H,(H2,28,29,30). The summed E-state index contributed by atoms with van der Waals surface area (Å²) in [6, 6.07) is 14.6. The molecule has 0 amide bonds. The van der Waals surface area contributed by atoms with Gasteiger partial charge in [0.25, 0.3) is 0 Å². The molecule has 0 radical (unpaired) electrons. The van der Waals surface area contributed by atoms with Crippen molar-refractivity contribution >= 4 is 64.2 Å². The van der Waals surface area contributed by atoms with Crippen molar-refractivity contribution < 1.29 is 13.2 Å². The SMILES string of the molecule is FC(F)(F)c1cnc(C=NNC(=S)Nc2ccc(Cl)cc2)c(Sc2ccc(Cl)cc2)c1. The number of benzene rings is 2. The molecule has 31 heavy (non-hydrogen) atoms. The van der Waals surface area contributed by atoms with Gasteiger partial charge in [0.15, 0.2) is 5.11 Å². The summed E-state index contributed by atoms with van der Waals surface area (Å²) in [5, 5.41) is 8.19. The second-order valence-corrected chi connectivity index (χ2v) is 8.39. The Morgan fingerprint density at radius 2 is 1.65 bits per heavy atom. The smallest absolute Gasteiger partial charge is 0.331 e. The van der Waals surface area contributed by atoms with E-state index < -0.39 is 11.7 Å². The summed E-state index contributed by atoms with van der Waals surface area (Å²) in [5.74, 6) is 0. The van der Waals surface area contributed by atoms with Gasteiger partial charge in [-0.3, -0.25) is 10.4 Å². The third-order valence-corrected chi connectivity index (χ3v) is 5.46. The van der Waals surface area contributed by atoms with E-state index in [-0.39, 0.29) is 15.7 Å². The minimum atomic E-state index is -4.51. The van der Waals surface area contributed by atoms with E-state index in [1.54, 1.807) is 48.5 Å². The molecule has 0 aliphatic rings. The van der Waals surface area contributed by atoms with Gasteiger partial charge in [-0.1, -0.05) is 35.0 Å². The van der Waals surface area contributed by atoms with Crippen LogP contribution < -0.4 is 10.7 Å². The maximum atomic E-state index is 13.1. The van der Waals surface area contributed by atoms with Crippen LogP contribution in [-0.4, -0.2) is 16.3 Å². The van der Waals surface area contributed by atoms with Crippen molar-refractivity contribution in [3.05, 3.63) is 82.1 Å². The van der Waals surface area contributed by atoms with Gasteiger partial charge in [0, 0.05) is 31.7 Å². The van der Waals surface area contributed by atoms with E-state index in [0.717, 1.165) is 24.0 Å². The molecule has 0 bridgehead atoms. The second kappa shape index (κ2) is 10.3. The molecule has 3 rings (SSSR count). The van der Waals surface area contributed by atoms with Crippen molar-refractivity contribution in [1.29, 1.82) is 0 Å². The van der Waals surface area contributed by atoms with Gasteiger partial charge in [0.1, 0.15) is 0 Å². The third-order valence-electron chi connectivity index (χ3n) is 3.71. The number of aromatic nitrogens is 1. The fourth-order valence-corrected chi connectivity index (χ4v) is 3.61. The predicted octanol–water partition coefficient (Wildman–Crippen LogP) is 6.88. The molecule has 0 unspecified atom stereocenters. The number of pyridine rings is 1. The van der Waals surface area contributed by atoms with Crippen LogP contribution in [0.15, 0.2) is 75.7 Å². The van der Waals surface area contributed by atoms with Gasteiger partial charge in [-0.05, 0) is 66.8 Å². The van der Waals surface area contributed by atoms with Gasteiger partial charge >= 0.3 is 6.18 Å². The molecule has 0 spiro atoms. The highest BCUT2D eigenvalue weighted by molar-refractivity contribution is 7.99. The van der Waals surface area contributed by atoms with E-state index in [9.17, 15) is 13.2 Å². The van der Waals surface area contributed by atoms with Gasteiger partial charge < -0.3 is 5.32 Å². The average Bonchev–Trinajstić information content (AvgIpc) is 2.71. The summed E-state index contributed by atoms with van der Waals surface area (Å²) in [7, 11) is 0. The molecule has 0 fully saturated rings. The van der Waals surface area contributed by atoms with Crippen molar-refractivity contribution in [2.24, 2.45) is 5.10 Å². The lowest BCUT2D eigenvalue weighted by Gasteiger charge is -2.11. The van der Waals surface area contributed by atoms with Crippen LogP contribution in [-0.2, 0) is 6.18 Å². The van der Waals surface area contributed by atoms with E-state index in [2.05, 4.69) is 20.8 Å². The first-order valence-corrected chi connectivity index (χ1v) is 10.5. The zero-order valence-electron chi connectivity index (χ0n) is 15.5. The summed E-state index contributed by atoms with van der Waals surface area (Å²) >= 11 is 18.0. The maximum absolute atomic E-state index is 13.1. The van der Waals surface area contributed by atoms with Gasteiger partial charge in [-0.25, -0.2) is 0 Å². The molecule has 2 aromatic carbocycles. The van der Waals surface area contributed by atoms with Crippen LogP contribution in [0.4, 0.5) is 18.9 Å². The molecule has 3 aromatic rings. The predicted molar refractivity (Wildman–Crippen MR) is 123 cm³/mol. The molecule has 0 atom stereocenters. The molecular formula is C20H13Cl2F3N4S2. The van der Waals surface area contributed by atoms with Crippen LogP contribution in [0.1, 0.15) is 11.3 Å². The first-order chi connectivity index (χ1) is 14.7. The van der Waals surface area contributed by atoms with Crippen LogP contribution in [0, 0.1) is 0 Å². The Morgan fingerprint density at radius 3 is 2.26 bits per heavy atom. The summed E-state index contributed by atoms with van der Waals surface area (Å²) in [5.41, 5.74) is 2.70. The molecule has 160 valence electrons. The van der Waals surface area contributed by atoms with Crippen LogP contribution in [0.2, 0.25) is 10.0 Å². The fourth-order valence-electron chi connectivity index (χ4n) is 2.26. The maximum Gasteiger partial charge on any atom is 0.417 e. The average molecular weight is 501 g/mol. The highest BCUT2D eigenvalue weighted by atomic mass is 35.5. The Balaban J connectivity index is 1.76. The molecule has 1 aromatic heterocycles. The Kier molecular flexibility index (Phi) is 7.77. The first kappa shape index (κ1) is 23.3. The topological polar surface area (TPSA) is 49.3 Å². The van der Waals surface area contributed by atoms with Crippen LogP contribution >= 0.6 is 47.2 Å². The van der Waals surface area contributed by atoms with Crippen molar-refractivity contribution in [3.63, 3.8) is 0 Å². The van der Waals surface area contributed by atoms with E-state index in [1.807, 2.05) is 0 Å². The number of nitrogens with zero attached hydrogens (tertiary/aromatic N) is 2. The number of hydrogen-bond donors (Lipinski definition) is 2. The summed E-state index contributed by atoms with van der Waals surface area (Å²) in [6.45, 7) is 0. The number of halogens is 5. The number of hydrogen-bond acceptors (Lipinski definition) is 4. The Labute approximate surface area is 195 Å². The van der Waals surface area contributed by atoms with E-state index in [0.29, 0.717) is 20.6 Å². The van der Waals surface area contributed by atoms with Crippen molar-refractivity contribution in [2.45, 2.75) is 16.0 Å². The van der Waals surface area contributed by atoms with E-state index in [1.165, 1.54) is 6.21 Å². The molecule has 4 nitrogen and oxygen atoms in total. The highest BCUT2D eigenvalue weighted by Gasteiger charge is 2.31. The molecule has 2 N–H and O–H groups in total. The lowest BCUT2D eigenvalue weighted by molar-refractivity contribution is -0.138. The second-order valence-electron chi connectivity index (χ2n) is 5.99. The fraction of sp³-hybridized carbons (Fsp3) is 0.0500. The zero-order valence-corrected chi connectivity index (χ0v) is 18.6. The Morgan fingerprint density at radius 1 is 1.03 bits per heavy atom. The van der Waals surface area contributed by atoms with Gasteiger partial charge in [0.05, 0.1) is 17.5 Å². The molecule has 11 heteroatoms. The van der Waals surface area contributed by atoms with Crippen LogP contribution in [0.25, 0.3) is 0 Å². The largest absolute Gasteiger partial charge is 0.417 e. The van der Waals surface area contributed by atoms with Gasteiger partial charge in [-0.2, -0.15) is 18.3 Å². The molecule has 1 heterocycles. The molecular weight excluding hydrogens is 488 g/mol. The molecule has 0 saturated carbocycles. The van der Waals surface area contributed by atoms with E-state index >= 15 is 0 Å². The summed E-state index contributed by atoms with van der Waals surface area (Å²) < 4.78 is 39.4. The van der Waals surface area contributed by atoms with Crippen molar-refractivity contribution in [3.8, 4) is 0 Å². The number of anilines is 1. The lowest BCUT2D eigenvalue weighted by atomic mass is 10.2. The number of nitrogens with one attached hydrogen (secondary N) is 2. The molecule has 0 aliphatic carbocycles. The third kappa shape index (κ3) is 7.10. The first-order valence-electron chi connectivity index (χ1n) is 8.57. The lowest BCUT2D eigenvalue weighted by Crippen LogP contribution is -2.23. The minimum Gasteiger partial charge on any atom is -0.331 e. The zero-order chi connectivity index (χ0) is 22.4. The molecule has 0 aliphatic heterocycles. The van der Waals surface area contributed by atoms with Gasteiger partial charge in [-0.15, -0.1) is 0 Å². The molecule has 0 saturated heterocycles. The van der Waals surface area contributed by atoms with Crippen molar-refractivity contribution in [2.75, 3.05) is 5.32 Å². The van der Waals surface area contributed by atoms with Crippen molar-refractivity contribution in [1.82, 2.24) is 10.4 Å². The Hall–Kier alpha value is -2.33. The quantitative estimate of drug-likeness (QED) is 0.227. The monoisotopic (exact) mass is 500 g/mol. The number of alkyl halides is 3. The minimum absolute atomic E-state index is 0.192. The Bertz CT molecular complexity index is 1090. The number of hydrazone groups is 1. The number of thiocarbonyl (C=S) groups is 1.